The van der Waals surface area contributed by atoms with Crippen molar-refractivity contribution in [3.05, 3.63) is 142 Å². The van der Waals surface area contributed by atoms with Gasteiger partial charge in [0, 0.05) is 7.11 Å². The Balaban J connectivity index is 0.000000223. The van der Waals surface area contributed by atoms with Gasteiger partial charge < -0.3 is 29.0 Å². The van der Waals surface area contributed by atoms with Gasteiger partial charge >= 0.3 is 30.3 Å². The first kappa shape index (κ1) is 40.4. The molecule has 1 saturated heterocycles. The molecule has 2 heterocycles. The molecule has 56 heavy (non-hydrogen) atoms. The number of amides is 5. The Hall–Kier alpha value is -6.75. The van der Waals surface area contributed by atoms with Gasteiger partial charge in [0.15, 0.2) is 23.3 Å². The quantitative estimate of drug-likeness (QED) is 0.147. The second kappa shape index (κ2) is 17.6. The summed E-state index contributed by atoms with van der Waals surface area (Å²) in [6.07, 6.45) is -2.99. The molecule has 1 fully saturated rings. The lowest BCUT2D eigenvalue weighted by Crippen LogP contribution is -2.53. The van der Waals surface area contributed by atoms with Crippen LogP contribution in [0, 0.1) is 37.1 Å². The van der Waals surface area contributed by atoms with E-state index in [0.29, 0.717) is 4.90 Å². The second-order valence-corrected chi connectivity index (χ2v) is 12.2. The summed E-state index contributed by atoms with van der Waals surface area (Å²) in [5.74, 6) is -4.95. The van der Waals surface area contributed by atoms with Crippen LogP contribution < -0.4 is 14.8 Å². The number of nitrogens with one attached hydrogen (secondary N) is 1. The molecule has 2 aliphatic heterocycles. The molecule has 0 bridgehead atoms. The fourth-order valence-electron chi connectivity index (χ4n) is 5.56. The van der Waals surface area contributed by atoms with Crippen LogP contribution in [0.25, 0.3) is 0 Å². The summed E-state index contributed by atoms with van der Waals surface area (Å²) in [5.41, 5.74) is 1.91. The number of imide groups is 2. The van der Waals surface area contributed by atoms with Crippen LogP contribution in [0.5, 0.6) is 11.5 Å². The zero-order chi connectivity index (χ0) is 40.7. The van der Waals surface area contributed by atoms with Crippen molar-refractivity contribution >= 4 is 30.3 Å². The number of benzene rings is 4. The first-order valence-corrected chi connectivity index (χ1v) is 16.6. The van der Waals surface area contributed by atoms with Gasteiger partial charge in [-0.1, -0.05) is 47.5 Å². The molecule has 292 valence electrons. The maximum atomic E-state index is 14.0. The lowest BCUT2D eigenvalue weighted by molar-refractivity contribution is -0.137. The highest BCUT2D eigenvalue weighted by atomic mass is 19.2. The van der Waals surface area contributed by atoms with E-state index < -0.39 is 65.6 Å². The number of methoxy groups -OCH3 is 2. The number of nitrogens with zero attached hydrogens (tertiary/aromatic N) is 2. The summed E-state index contributed by atoms with van der Waals surface area (Å²) in [6, 6.07) is 15.7. The molecule has 0 unspecified atom stereocenters. The number of esters is 1. The third-order valence-corrected chi connectivity index (χ3v) is 8.33. The molecule has 0 spiro atoms. The van der Waals surface area contributed by atoms with Crippen LogP contribution in [0.3, 0.4) is 0 Å². The zero-order valence-electron chi connectivity index (χ0n) is 30.1. The van der Waals surface area contributed by atoms with Crippen LogP contribution in [-0.4, -0.2) is 67.5 Å². The average Bonchev–Trinajstić information content (AvgIpc) is 3.56. The van der Waals surface area contributed by atoms with Gasteiger partial charge in [-0.15, -0.1) is 0 Å². The monoisotopic (exact) mass is 779 g/mol. The maximum absolute atomic E-state index is 14.0. The molecule has 0 aliphatic carbocycles. The number of cyclic esters (lactones) is 1. The van der Waals surface area contributed by atoms with Crippen molar-refractivity contribution in [2.24, 2.45) is 0 Å². The van der Waals surface area contributed by atoms with Crippen molar-refractivity contribution in [3.63, 3.8) is 0 Å². The van der Waals surface area contributed by atoms with E-state index in [2.05, 4.69) is 5.32 Å². The van der Waals surface area contributed by atoms with Gasteiger partial charge in [-0.3, -0.25) is 0 Å². The highest BCUT2D eigenvalue weighted by Crippen LogP contribution is 2.36. The van der Waals surface area contributed by atoms with Crippen molar-refractivity contribution in [2.45, 2.75) is 25.9 Å². The van der Waals surface area contributed by atoms with Crippen LogP contribution in [0.15, 0.2) is 96.2 Å². The Morgan fingerprint density at radius 3 is 1.71 bits per heavy atom. The van der Waals surface area contributed by atoms with Gasteiger partial charge in [0.1, 0.15) is 30.2 Å². The van der Waals surface area contributed by atoms with E-state index >= 15 is 0 Å². The smallest absolute Gasteiger partial charge is 0.425 e. The van der Waals surface area contributed by atoms with Crippen molar-refractivity contribution in [2.75, 3.05) is 27.4 Å². The topological polar surface area (TPSA) is 150 Å². The number of halogens is 4. The summed E-state index contributed by atoms with van der Waals surface area (Å²) < 4.78 is 79.2. The molecule has 2 atom stereocenters. The number of ether oxygens (including phenoxy) is 5. The normalized spacial score (nSPS) is 16.4. The number of hydrogen-bond acceptors (Lipinski definition) is 10. The van der Waals surface area contributed by atoms with Crippen molar-refractivity contribution in [1.29, 1.82) is 0 Å². The SMILES string of the molecule is COCC1=C(C(=O)OC)[C@H](c2ccc(F)c(F)c2)N(C(=O)Oc2ccc(C)cc2)C(=O)N1.Cc1ccc(OC(=O)N2C(=O)OC[C@@H]2c2ccc(F)c(F)c2)cc1. The summed E-state index contributed by atoms with van der Waals surface area (Å²) in [6.45, 7) is 3.35. The number of hydrogen-bond donors (Lipinski definition) is 1. The molecular weight excluding hydrogens is 746 g/mol. The number of carbonyl (C=O) groups excluding carboxylic acids is 5. The fourth-order valence-corrected chi connectivity index (χ4v) is 5.56. The van der Waals surface area contributed by atoms with E-state index in [4.69, 9.17) is 23.7 Å². The molecule has 2 aliphatic rings. The average molecular weight is 780 g/mol. The van der Waals surface area contributed by atoms with Gasteiger partial charge in [0.2, 0.25) is 0 Å². The Morgan fingerprint density at radius 1 is 0.714 bits per heavy atom. The Bertz CT molecular complexity index is 2180. The maximum Gasteiger partial charge on any atom is 0.425 e. The Kier molecular flexibility index (Phi) is 12.7. The molecule has 4 aromatic rings. The van der Waals surface area contributed by atoms with Crippen molar-refractivity contribution in [1.82, 2.24) is 15.1 Å². The van der Waals surface area contributed by atoms with E-state index in [-0.39, 0.29) is 47.1 Å². The van der Waals surface area contributed by atoms with Gasteiger partial charge in [-0.2, -0.15) is 0 Å². The number of carbonyl (C=O) groups is 5. The van der Waals surface area contributed by atoms with E-state index in [1.807, 2.05) is 13.8 Å². The largest absolute Gasteiger partial charge is 0.466 e. The fraction of sp³-hybridized carbons (Fsp3) is 0.205. The lowest BCUT2D eigenvalue weighted by atomic mass is 9.93. The Labute approximate surface area is 316 Å². The van der Waals surface area contributed by atoms with Gasteiger partial charge in [0.05, 0.1) is 25.0 Å². The predicted octanol–water partition coefficient (Wildman–Crippen LogP) is 7.58. The summed E-state index contributed by atoms with van der Waals surface area (Å²) in [5, 5.41) is 2.41. The van der Waals surface area contributed by atoms with E-state index in [1.165, 1.54) is 25.3 Å². The van der Waals surface area contributed by atoms with E-state index in [1.54, 1.807) is 36.4 Å². The third-order valence-electron chi connectivity index (χ3n) is 8.33. The van der Waals surface area contributed by atoms with Crippen LogP contribution in [-0.2, 0) is 19.0 Å². The first-order chi connectivity index (χ1) is 26.7. The van der Waals surface area contributed by atoms with Crippen LogP contribution >= 0.6 is 0 Å². The molecule has 6 rings (SSSR count). The van der Waals surface area contributed by atoms with Gasteiger partial charge in [-0.05, 0) is 73.5 Å². The summed E-state index contributed by atoms with van der Waals surface area (Å²) in [7, 11) is 2.44. The molecule has 5 amide bonds. The van der Waals surface area contributed by atoms with Crippen LogP contribution in [0.2, 0.25) is 0 Å². The first-order valence-electron chi connectivity index (χ1n) is 16.6. The minimum atomic E-state index is -1.46. The predicted molar refractivity (Wildman–Crippen MR) is 187 cm³/mol. The molecule has 17 heteroatoms. The molecule has 0 saturated carbocycles. The van der Waals surface area contributed by atoms with Gasteiger partial charge in [-0.25, -0.2) is 51.3 Å². The molecule has 0 radical (unpaired) electrons. The second-order valence-electron chi connectivity index (χ2n) is 12.2. The lowest BCUT2D eigenvalue weighted by Gasteiger charge is -2.36. The van der Waals surface area contributed by atoms with Crippen molar-refractivity contribution in [3.8, 4) is 11.5 Å². The number of rotatable bonds is 7. The molecule has 4 aromatic carbocycles. The van der Waals surface area contributed by atoms with E-state index in [9.17, 15) is 41.5 Å². The van der Waals surface area contributed by atoms with Gasteiger partial charge in [0.25, 0.3) is 0 Å². The van der Waals surface area contributed by atoms with Crippen LogP contribution in [0.1, 0.15) is 34.3 Å². The summed E-state index contributed by atoms with van der Waals surface area (Å²) in [4.78, 5) is 63.9. The number of aryl methyl sites for hydroxylation is 2. The minimum Gasteiger partial charge on any atom is -0.466 e. The molecular formula is C39H33F4N3O10. The van der Waals surface area contributed by atoms with Crippen molar-refractivity contribution < 1.29 is 65.2 Å². The number of urea groups is 1. The molecule has 1 N–H and O–H groups in total. The molecule has 0 aromatic heterocycles. The molecule has 13 nitrogen and oxygen atoms in total. The standard InChI is InChI=1S/C22H20F2N2O6.C17H13F2NO4/c1-12-4-7-14(8-5-12)32-22(29)26-19(13-6-9-15(23)16(24)10-13)18(20(27)31-3)17(11-30-2)25-21(26)28;1-10-2-5-12(6-3-10)24-17(22)20-15(9-23-16(20)21)11-4-7-13(18)14(19)8-11/h4-10,19H,11H2,1-3H3,(H,25,28);2-8,15H,9H2,1H3/t19-;15-/m01/s1. The van der Waals surface area contributed by atoms with Crippen LogP contribution in [0.4, 0.5) is 36.7 Å². The minimum absolute atomic E-state index is 0.0125. The summed E-state index contributed by atoms with van der Waals surface area (Å²) >= 11 is 0. The Morgan fingerprint density at radius 2 is 1.21 bits per heavy atom. The third kappa shape index (κ3) is 9.12. The van der Waals surface area contributed by atoms with E-state index in [0.717, 1.165) is 53.5 Å². The highest BCUT2D eigenvalue weighted by Gasteiger charge is 2.44. The zero-order valence-corrected chi connectivity index (χ0v) is 30.1. The highest BCUT2D eigenvalue weighted by molar-refractivity contribution is 6.01.